The molecule has 0 aliphatic heterocycles. The number of carbonyl (C=O) groups is 1. The SMILES string of the molecule is Cc1cc(F)ccc1OCC(=O)Nc1ccc(N)cc1Cl. The topological polar surface area (TPSA) is 64.3 Å². The van der Waals surface area contributed by atoms with Crippen LogP contribution in [0.1, 0.15) is 5.56 Å². The molecule has 0 aromatic heterocycles. The van der Waals surface area contributed by atoms with Crippen LogP contribution >= 0.6 is 11.6 Å². The number of amides is 1. The molecular formula is C15H14ClFN2O2. The zero-order valence-electron chi connectivity index (χ0n) is 11.3. The number of benzene rings is 2. The molecule has 0 saturated carbocycles. The molecule has 1 amide bonds. The number of nitrogens with two attached hydrogens (primary N) is 1. The predicted molar refractivity (Wildman–Crippen MR) is 81.1 cm³/mol. The molecule has 0 saturated heterocycles. The third-order valence-electron chi connectivity index (χ3n) is 2.76. The van der Waals surface area contributed by atoms with E-state index in [1.165, 1.54) is 18.2 Å². The minimum Gasteiger partial charge on any atom is -0.483 e. The number of nitrogen functional groups attached to an aromatic ring is 1. The third kappa shape index (κ3) is 4.10. The molecule has 21 heavy (non-hydrogen) atoms. The number of hydrogen-bond acceptors (Lipinski definition) is 3. The van der Waals surface area contributed by atoms with Gasteiger partial charge in [0, 0.05) is 5.69 Å². The van der Waals surface area contributed by atoms with Crippen molar-refractivity contribution in [3.8, 4) is 5.75 Å². The zero-order chi connectivity index (χ0) is 15.4. The predicted octanol–water partition coefficient (Wildman–Crippen LogP) is 3.39. The molecule has 0 atom stereocenters. The number of ether oxygens (including phenoxy) is 1. The van der Waals surface area contributed by atoms with Gasteiger partial charge in [-0.15, -0.1) is 0 Å². The maximum atomic E-state index is 13.0. The van der Waals surface area contributed by atoms with Gasteiger partial charge in [-0.25, -0.2) is 4.39 Å². The summed E-state index contributed by atoms with van der Waals surface area (Å²) in [6, 6.07) is 8.88. The first kappa shape index (κ1) is 15.1. The summed E-state index contributed by atoms with van der Waals surface area (Å²) < 4.78 is 18.3. The van der Waals surface area contributed by atoms with Crippen molar-refractivity contribution in [2.45, 2.75) is 6.92 Å². The number of nitrogens with one attached hydrogen (secondary N) is 1. The Morgan fingerprint density at radius 1 is 1.33 bits per heavy atom. The fourth-order valence-corrected chi connectivity index (χ4v) is 1.97. The largest absolute Gasteiger partial charge is 0.483 e. The summed E-state index contributed by atoms with van der Waals surface area (Å²) in [6.45, 7) is 1.50. The Balaban J connectivity index is 1.96. The summed E-state index contributed by atoms with van der Waals surface area (Å²) in [5.74, 6) is -0.265. The van der Waals surface area contributed by atoms with Crippen LogP contribution in [0.3, 0.4) is 0 Å². The zero-order valence-corrected chi connectivity index (χ0v) is 12.1. The second-order valence-electron chi connectivity index (χ2n) is 4.49. The van der Waals surface area contributed by atoms with Crippen molar-refractivity contribution in [3.63, 3.8) is 0 Å². The number of anilines is 2. The van der Waals surface area contributed by atoms with Crippen LogP contribution in [0.2, 0.25) is 5.02 Å². The fourth-order valence-electron chi connectivity index (χ4n) is 1.74. The van der Waals surface area contributed by atoms with E-state index < -0.39 is 0 Å². The lowest BCUT2D eigenvalue weighted by Gasteiger charge is -2.10. The Morgan fingerprint density at radius 2 is 2.10 bits per heavy atom. The Bertz CT molecular complexity index is 677. The van der Waals surface area contributed by atoms with E-state index in [9.17, 15) is 9.18 Å². The van der Waals surface area contributed by atoms with Crippen LogP contribution in [0.4, 0.5) is 15.8 Å². The maximum Gasteiger partial charge on any atom is 0.262 e. The van der Waals surface area contributed by atoms with Gasteiger partial charge in [0.2, 0.25) is 0 Å². The highest BCUT2D eigenvalue weighted by molar-refractivity contribution is 6.34. The normalized spacial score (nSPS) is 10.2. The van der Waals surface area contributed by atoms with Crippen molar-refractivity contribution in [1.82, 2.24) is 0 Å². The van der Waals surface area contributed by atoms with Gasteiger partial charge >= 0.3 is 0 Å². The molecule has 6 heteroatoms. The van der Waals surface area contributed by atoms with Crippen LogP contribution in [-0.2, 0) is 4.79 Å². The second kappa shape index (κ2) is 6.45. The van der Waals surface area contributed by atoms with Crippen molar-refractivity contribution in [3.05, 3.63) is 52.8 Å². The summed E-state index contributed by atoms with van der Waals surface area (Å²) in [5.41, 5.74) is 7.15. The van der Waals surface area contributed by atoms with Crippen LogP contribution in [0.25, 0.3) is 0 Å². The molecule has 0 bridgehead atoms. The van der Waals surface area contributed by atoms with Gasteiger partial charge in [-0.1, -0.05) is 11.6 Å². The average Bonchev–Trinajstić information content (AvgIpc) is 2.41. The molecule has 3 N–H and O–H groups in total. The first-order valence-electron chi connectivity index (χ1n) is 6.19. The van der Waals surface area contributed by atoms with Crippen LogP contribution in [-0.4, -0.2) is 12.5 Å². The molecule has 0 radical (unpaired) electrons. The smallest absolute Gasteiger partial charge is 0.262 e. The second-order valence-corrected chi connectivity index (χ2v) is 4.89. The minimum atomic E-state index is -0.370. The van der Waals surface area contributed by atoms with Gasteiger partial charge in [0.15, 0.2) is 6.61 Å². The third-order valence-corrected chi connectivity index (χ3v) is 3.08. The van der Waals surface area contributed by atoms with Crippen LogP contribution < -0.4 is 15.8 Å². The van der Waals surface area contributed by atoms with E-state index in [-0.39, 0.29) is 18.3 Å². The molecule has 0 aliphatic rings. The maximum absolute atomic E-state index is 13.0. The van der Waals surface area contributed by atoms with Crippen molar-refractivity contribution >= 4 is 28.9 Å². The highest BCUT2D eigenvalue weighted by atomic mass is 35.5. The van der Waals surface area contributed by atoms with Crippen LogP contribution in [0, 0.1) is 12.7 Å². The number of rotatable bonds is 4. The Kier molecular flexibility index (Phi) is 4.65. The number of halogens is 2. The first-order valence-corrected chi connectivity index (χ1v) is 6.57. The van der Waals surface area contributed by atoms with E-state index in [2.05, 4.69) is 5.32 Å². The van der Waals surface area contributed by atoms with Crippen molar-refractivity contribution < 1.29 is 13.9 Å². The standard InChI is InChI=1S/C15H14ClFN2O2/c1-9-6-10(17)2-5-14(9)21-8-15(20)19-13-4-3-11(18)7-12(13)16/h2-7H,8,18H2,1H3,(H,19,20). The molecule has 0 aliphatic carbocycles. The lowest BCUT2D eigenvalue weighted by Crippen LogP contribution is -2.20. The molecule has 2 aromatic rings. The van der Waals surface area contributed by atoms with Crippen molar-refractivity contribution in [2.75, 3.05) is 17.7 Å². The lowest BCUT2D eigenvalue weighted by molar-refractivity contribution is -0.118. The lowest BCUT2D eigenvalue weighted by atomic mass is 10.2. The molecular weight excluding hydrogens is 295 g/mol. The molecule has 0 unspecified atom stereocenters. The summed E-state index contributed by atoms with van der Waals surface area (Å²) in [4.78, 5) is 11.8. The van der Waals surface area contributed by atoms with Gasteiger partial charge in [0.05, 0.1) is 10.7 Å². The summed E-state index contributed by atoms with van der Waals surface area (Å²) in [7, 11) is 0. The van der Waals surface area contributed by atoms with E-state index in [1.54, 1.807) is 25.1 Å². The summed E-state index contributed by atoms with van der Waals surface area (Å²) >= 11 is 5.96. The van der Waals surface area contributed by atoms with Crippen LogP contribution in [0.5, 0.6) is 5.75 Å². The molecule has 0 spiro atoms. The van der Waals surface area contributed by atoms with E-state index in [4.69, 9.17) is 22.1 Å². The summed E-state index contributed by atoms with van der Waals surface area (Å²) in [5, 5.41) is 2.96. The van der Waals surface area contributed by atoms with Gasteiger partial charge in [0.25, 0.3) is 5.91 Å². The van der Waals surface area contributed by atoms with Crippen LogP contribution in [0.15, 0.2) is 36.4 Å². The van der Waals surface area contributed by atoms with Gasteiger partial charge in [-0.3, -0.25) is 4.79 Å². The van der Waals surface area contributed by atoms with E-state index in [0.717, 1.165) is 0 Å². The van der Waals surface area contributed by atoms with Gasteiger partial charge in [-0.05, 0) is 48.9 Å². The fraction of sp³-hybridized carbons (Fsp3) is 0.133. The first-order chi connectivity index (χ1) is 9.95. The van der Waals surface area contributed by atoms with E-state index >= 15 is 0 Å². The molecule has 4 nitrogen and oxygen atoms in total. The van der Waals surface area contributed by atoms with Gasteiger partial charge in [0.1, 0.15) is 11.6 Å². The molecule has 0 fully saturated rings. The highest BCUT2D eigenvalue weighted by Crippen LogP contribution is 2.24. The van der Waals surface area contributed by atoms with E-state index in [0.29, 0.717) is 27.7 Å². The molecule has 0 heterocycles. The van der Waals surface area contributed by atoms with Crippen molar-refractivity contribution in [1.29, 1.82) is 0 Å². The number of hydrogen-bond donors (Lipinski definition) is 2. The quantitative estimate of drug-likeness (QED) is 0.851. The van der Waals surface area contributed by atoms with Gasteiger partial charge < -0.3 is 15.8 Å². The molecule has 110 valence electrons. The Morgan fingerprint density at radius 3 is 2.76 bits per heavy atom. The monoisotopic (exact) mass is 308 g/mol. The number of carbonyl (C=O) groups excluding carboxylic acids is 1. The minimum absolute atomic E-state index is 0.201. The molecule has 2 rings (SSSR count). The van der Waals surface area contributed by atoms with Gasteiger partial charge in [-0.2, -0.15) is 0 Å². The van der Waals surface area contributed by atoms with E-state index in [1.807, 2.05) is 0 Å². The summed E-state index contributed by atoms with van der Waals surface area (Å²) in [6.07, 6.45) is 0. The van der Waals surface area contributed by atoms with Crippen molar-refractivity contribution in [2.24, 2.45) is 0 Å². The average molecular weight is 309 g/mol. The highest BCUT2D eigenvalue weighted by Gasteiger charge is 2.08. The molecule has 2 aromatic carbocycles. The Labute approximate surface area is 126 Å². The number of aryl methyl sites for hydroxylation is 1. The Hall–Kier alpha value is -2.27.